The van der Waals surface area contributed by atoms with Crippen molar-refractivity contribution in [2.45, 2.75) is 5.51 Å². The molecular formula is C32H18F3NO4S. The van der Waals surface area contributed by atoms with E-state index in [9.17, 15) is 22.2 Å². The van der Waals surface area contributed by atoms with Crippen molar-refractivity contribution in [1.29, 1.82) is 0 Å². The Balaban J connectivity index is 1.38. The number of fused-ring (bicyclic) bond motifs is 6. The van der Waals surface area contributed by atoms with Gasteiger partial charge in [0.15, 0.2) is 5.75 Å². The molecule has 9 heteroatoms. The maximum atomic E-state index is 12.9. The molecule has 1 atom stereocenters. The van der Waals surface area contributed by atoms with Crippen LogP contribution in [-0.4, -0.2) is 14.3 Å². The van der Waals surface area contributed by atoms with Gasteiger partial charge in [0.05, 0.1) is 11.0 Å². The molecule has 202 valence electrons. The van der Waals surface area contributed by atoms with Crippen LogP contribution >= 0.6 is 0 Å². The van der Waals surface area contributed by atoms with E-state index in [0.29, 0.717) is 10.8 Å². The summed E-state index contributed by atoms with van der Waals surface area (Å²) in [6.07, 6.45) is 0. The lowest BCUT2D eigenvalue weighted by atomic mass is 10.00. The fourth-order valence-electron chi connectivity index (χ4n) is 5.33. The van der Waals surface area contributed by atoms with E-state index in [2.05, 4.69) is 45.1 Å². The van der Waals surface area contributed by atoms with E-state index in [1.807, 2.05) is 42.5 Å². The minimum Gasteiger partial charge on any atom is -0.422 e. The van der Waals surface area contributed by atoms with Crippen molar-refractivity contribution in [3.8, 4) is 22.6 Å². The normalized spacial score (nSPS) is 12.9. The standard InChI is InChI=1S/C32H18F3NO4S/c33-32(34,35)41(38)40-28-12-6-10-24-23-15-13-20(18-29(23)39-31(37)30(24)28)19-14-16-27-25(17-19)22-9-4-5-11-26(22)36(27)21-7-2-1-3-8-21/h1-18H. The van der Waals surface area contributed by atoms with Gasteiger partial charge in [-0.3, -0.25) is 0 Å². The predicted octanol–water partition coefficient (Wildman–Crippen LogP) is 8.27. The van der Waals surface area contributed by atoms with E-state index in [0.717, 1.165) is 44.7 Å². The van der Waals surface area contributed by atoms with Crippen LogP contribution in [0.3, 0.4) is 0 Å². The number of halogens is 3. The first kappa shape index (κ1) is 25.1. The van der Waals surface area contributed by atoms with Crippen molar-refractivity contribution in [3.63, 3.8) is 0 Å². The first-order chi connectivity index (χ1) is 19.8. The molecule has 0 N–H and O–H groups in total. The molecule has 0 aliphatic carbocycles. The molecule has 0 fully saturated rings. The SMILES string of the molecule is O=c1oc2cc(-c3ccc4c(c3)c3ccccc3n4-c3ccccc3)ccc2c2cccc(OS(=O)C(F)(F)F)c12. The highest BCUT2D eigenvalue weighted by Gasteiger charge is 2.40. The number of hydrogen-bond donors (Lipinski definition) is 0. The first-order valence-corrected chi connectivity index (χ1v) is 13.6. The van der Waals surface area contributed by atoms with Crippen LogP contribution in [0.2, 0.25) is 0 Å². The van der Waals surface area contributed by atoms with E-state index < -0.39 is 28.0 Å². The molecule has 0 spiro atoms. The number of hydrogen-bond acceptors (Lipinski definition) is 4. The molecule has 0 amide bonds. The van der Waals surface area contributed by atoms with Crippen LogP contribution in [0.4, 0.5) is 13.2 Å². The number of benzene rings is 5. The summed E-state index contributed by atoms with van der Waals surface area (Å²) in [6.45, 7) is 0. The van der Waals surface area contributed by atoms with Crippen molar-refractivity contribution < 1.29 is 26.0 Å². The number of rotatable bonds is 4. The Bertz CT molecular complexity index is 2220. The van der Waals surface area contributed by atoms with Crippen molar-refractivity contribution in [2.75, 3.05) is 0 Å². The van der Waals surface area contributed by atoms with Gasteiger partial charge in [0.1, 0.15) is 11.0 Å². The van der Waals surface area contributed by atoms with Gasteiger partial charge < -0.3 is 13.2 Å². The van der Waals surface area contributed by atoms with Gasteiger partial charge in [0, 0.05) is 27.2 Å². The van der Waals surface area contributed by atoms with E-state index in [4.69, 9.17) is 4.42 Å². The average molecular weight is 570 g/mol. The highest BCUT2D eigenvalue weighted by molar-refractivity contribution is 7.81. The van der Waals surface area contributed by atoms with Crippen molar-refractivity contribution in [3.05, 3.63) is 120 Å². The third kappa shape index (κ3) is 4.17. The van der Waals surface area contributed by atoms with E-state index in [1.54, 1.807) is 18.2 Å². The summed E-state index contributed by atoms with van der Waals surface area (Å²) >= 11 is -3.63. The Hall–Kier alpha value is -4.89. The molecule has 41 heavy (non-hydrogen) atoms. The summed E-state index contributed by atoms with van der Waals surface area (Å²) in [5, 5.41) is 2.78. The average Bonchev–Trinajstić information content (AvgIpc) is 3.30. The largest absolute Gasteiger partial charge is 0.508 e. The second-order valence-electron chi connectivity index (χ2n) is 9.46. The smallest absolute Gasteiger partial charge is 0.422 e. The Kier molecular flexibility index (Phi) is 5.72. The van der Waals surface area contributed by atoms with Crippen LogP contribution in [-0.2, 0) is 11.1 Å². The molecule has 0 aliphatic heterocycles. The second kappa shape index (κ2) is 9.35. The molecule has 7 rings (SSSR count). The minimum absolute atomic E-state index is 0.208. The molecule has 0 bridgehead atoms. The zero-order valence-corrected chi connectivity index (χ0v) is 21.8. The number of para-hydroxylation sites is 2. The monoisotopic (exact) mass is 569 g/mol. The summed E-state index contributed by atoms with van der Waals surface area (Å²) in [5.74, 6) is -0.460. The summed E-state index contributed by atoms with van der Waals surface area (Å²) in [6, 6.07) is 34.0. The van der Waals surface area contributed by atoms with Crippen molar-refractivity contribution in [2.24, 2.45) is 0 Å². The van der Waals surface area contributed by atoms with Gasteiger partial charge in [-0.15, -0.1) is 0 Å². The van der Waals surface area contributed by atoms with E-state index >= 15 is 0 Å². The topological polar surface area (TPSA) is 61.4 Å². The quantitative estimate of drug-likeness (QED) is 0.158. The maximum Gasteiger partial charge on any atom is 0.508 e. The van der Waals surface area contributed by atoms with Gasteiger partial charge in [0.2, 0.25) is 0 Å². The second-order valence-corrected chi connectivity index (χ2v) is 10.6. The zero-order valence-electron chi connectivity index (χ0n) is 21.0. The van der Waals surface area contributed by atoms with E-state index in [1.165, 1.54) is 6.07 Å². The Morgan fingerprint density at radius 3 is 2.17 bits per heavy atom. The zero-order chi connectivity index (χ0) is 28.3. The molecule has 1 unspecified atom stereocenters. The maximum absolute atomic E-state index is 12.9. The number of alkyl halides is 3. The Morgan fingerprint density at radius 1 is 0.683 bits per heavy atom. The molecule has 7 aromatic rings. The van der Waals surface area contributed by atoms with Gasteiger partial charge >= 0.3 is 22.2 Å². The fraction of sp³-hybridized carbons (Fsp3) is 0.0312. The lowest BCUT2D eigenvalue weighted by Crippen LogP contribution is -2.21. The molecular weight excluding hydrogens is 551 g/mol. The summed E-state index contributed by atoms with van der Waals surface area (Å²) in [7, 11) is 0. The van der Waals surface area contributed by atoms with Crippen LogP contribution in [0.1, 0.15) is 0 Å². The first-order valence-electron chi connectivity index (χ1n) is 12.5. The van der Waals surface area contributed by atoms with Crippen molar-refractivity contribution in [1.82, 2.24) is 4.57 Å². The van der Waals surface area contributed by atoms with E-state index in [-0.39, 0.29) is 11.0 Å². The summed E-state index contributed by atoms with van der Waals surface area (Å²) in [5.41, 5.74) is -0.855. The Labute approximate surface area is 232 Å². The third-order valence-corrected chi connectivity index (χ3v) is 7.79. The van der Waals surface area contributed by atoms with Crippen molar-refractivity contribution >= 4 is 54.6 Å². The molecule has 2 heterocycles. The third-order valence-electron chi connectivity index (χ3n) is 7.08. The van der Waals surface area contributed by atoms with Gasteiger partial charge in [0.25, 0.3) is 0 Å². The van der Waals surface area contributed by atoms with Crippen LogP contribution < -0.4 is 9.81 Å². The molecule has 0 radical (unpaired) electrons. The highest BCUT2D eigenvalue weighted by atomic mass is 32.2. The number of nitrogens with zero attached hydrogens (tertiary/aromatic N) is 1. The highest BCUT2D eigenvalue weighted by Crippen LogP contribution is 2.37. The Morgan fingerprint density at radius 2 is 1.37 bits per heavy atom. The molecule has 0 saturated heterocycles. The minimum atomic E-state index is -5.09. The van der Waals surface area contributed by atoms with Gasteiger partial charge in [-0.05, 0) is 59.7 Å². The van der Waals surface area contributed by atoms with Gasteiger partial charge in [-0.2, -0.15) is 13.2 Å². The molecule has 2 aromatic heterocycles. The lowest BCUT2D eigenvalue weighted by Gasteiger charge is -2.11. The number of aromatic nitrogens is 1. The van der Waals surface area contributed by atoms with Crippen LogP contribution in [0, 0.1) is 0 Å². The van der Waals surface area contributed by atoms with Crippen LogP contribution in [0.5, 0.6) is 5.75 Å². The van der Waals surface area contributed by atoms with Gasteiger partial charge in [-0.25, -0.2) is 9.00 Å². The lowest BCUT2D eigenvalue weighted by molar-refractivity contribution is -0.0437. The van der Waals surface area contributed by atoms with Crippen LogP contribution in [0.25, 0.3) is 60.4 Å². The van der Waals surface area contributed by atoms with Gasteiger partial charge in [-0.1, -0.05) is 60.7 Å². The molecule has 0 aliphatic rings. The fourth-order valence-corrected chi connectivity index (χ4v) is 5.73. The predicted molar refractivity (Wildman–Crippen MR) is 155 cm³/mol. The molecule has 5 aromatic carbocycles. The molecule has 0 saturated carbocycles. The summed E-state index contributed by atoms with van der Waals surface area (Å²) in [4.78, 5) is 12.9. The van der Waals surface area contributed by atoms with Crippen LogP contribution in [0.15, 0.2) is 118 Å². The molecule has 5 nitrogen and oxygen atoms in total. The summed E-state index contributed by atoms with van der Waals surface area (Å²) < 4.78 is 62.4.